The van der Waals surface area contributed by atoms with Gasteiger partial charge in [0.2, 0.25) is 0 Å². The second-order valence-corrected chi connectivity index (χ2v) is 4.74. The number of ether oxygens (including phenoxy) is 2. The number of hydrogen-bond donors (Lipinski definition) is 2. The Morgan fingerprint density at radius 3 is 2.65 bits per heavy atom. The molecule has 2 N–H and O–H groups in total. The second-order valence-electron chi connectivity index (χ2n) is 4.74. The summed E-state index contributed by atoms with van der Waals surface area (Å²) in [4.78, 5) is 20.2. The summed E-state index contributed by atoms with van der Waals surface area (Å²) < 4.78 is 10.0. The van der Waals surface area contributed by atoms with E-state index in [9.17, 15) is 4.79 Å². The molecule has 23 heavy (non-hydrogen) atoms. The maximum atomic E-state index is 12.1. The quantitative estimate of drug-likeness (QED) is 0.718. The Kier molecular flexibility index (Phi) is 6.31. The van der Waals surface area contributed by atoms with Gasteiger partial charge in [-0.15, -0.1) is 0 Å². The number of hydrogen-bond acceptors (Lipinski definition) is 6. The van der Waals surface area contributed by atoms with Crippen molar-refractivity contribution in [2.75, 3.05) is 32.7 Å². The van der Waals surface area contributed by atoms with Crippen molar-refractivity contribution in [2.24, 2.45) is 0 Å². The SMILES string of the molecule is COCCNc1cc(C(=O)NCc2ccc(OC)cc2)ncn1. The number of rotatable bonds is 8. The summed E-state index contributed by atoms with van der Waals surface area (Å²) in [6.07, 6.45) is 1.36. The molecule has 0 spiro atoms. The molecular weight excluding hydrogens is 296 g/mol. The van der Waals surface area contributed by atoms with E-state index in [0.29, 0.717) is 31.2 Å². The molecule has 0 aliphatic heterocycles. The number of nitrogens with zero attached hydrogens (tertiary/aromatic N) is 2. The average Bonchev–Trinajstić information content (AvgIpc) is 2.60. The third-order valence-electron chi connectivity index (χ3n) is 3.12. The van der Waals surface area contributed by atoms with Crippen molar-refractivity contribution in [3.63, 3.8) is 0 Å². The van der Waals surface area contributed by atoms with E-state index in [0.717, 1.165) is 11.3 Å². The highest BCUT2D eigenvalue weighted by atomic mass is 16.5. The predicted molar refractivity (Wildman–Crippen MR) is 86.6 cm³/mol. The number of carbonyl (C=O) groups excluding carboxylic acids is 1. The molecule has 0 fully saturated rings. The summed E-state index contributed by atoms with van der Waals surface area (Å²) in [6.45, 7) is 1.59. The maximum absolute atomic E-state index is 12.1. The number of anilines is 1. The Morgan fingerprint density at radius 1 is 1.17 bits per heavy atom. The Hall–Kier alpha value is -2.67. The number of nitrogens with one attached hydrogen (secondary N) is 2. The Bertz CT molecular complexity index is 631. The lowest BCUT2D eigenvalue weighted by molar-refractivity contribution is 0.0946. The minimum absolute atomic E-state index is 0.252. The van der Waals surface area contributed by atoms with E-state index >= 15 is 0 Å². The highest BCUT2D eigenvalue weighted by Gasteiger charge is 2.08. The molecule has 0 unspecified atom stereocenters. The number of benzene rings is 1. The second kappa shape index (κ2) is 8.70. The molecule has 0 atom stereocenters. The minimum atomic E-state index is -0.252. The highest BCUT2D eigenvalue weighted by Crippen LogP contribution is 2.11. The van der Waals surface area contributed by atoms with Crippen molar-refractivity contribution in [1.82, 2.24) is 15.3 Å². The average molecular weight is 316 g/mol. The zero-order valence-corrected chi connectivity index (χ0v) is 13.2. The Morgan fingerprint density at radius 2 is 1.96 bits per heavy atom. The zero-order chi connectivity index (χ0) is 16.5. The summed E-state index contributed by atoms with van der Waals surface area (Å²) in [5.41, 5.74) is 1.29. The normalized spacial score (nSPS) is 10.2. The fourth-order valence-electron chi connectivity index (χ4n) is 1.88. The molecule has 0 bridgehead atoms. The van der Waals surface area contributed by atoms with Crippen molar-refractivity contribution in [1.29, 1.82) is 0 Å². The fraction of sp³-hybridized carbons (Fsp3) is 0.312. The first-order valence-corrected chi connectivity index (χ1v) is 7.19. The van der Waals surface area contributed by atoms with Crippen LogP contribution in [0.5, 0.6) is 5.75 Å². The molecule has 7 heteroatoms. The van der Waals surface area contributed by atoms with Crippen LogP contribution in [-0.2, 0) is 11.3 Å². The summed E-state index contributed by atoms with van der Waals surface area (Å²) in [6, 6.07) is 9.11. The molecular formula is C16H20N4O3. The number of aromatic nitrogens is 2. The van der Waals surface area contributed by atoms with Crippen molar-refractivity contribution in [2.45, 2.75) is 6.54 Å². The Balaban J connectivity index is 1.90. The number of amides is 1. The molecule has 0 aliphatic rings. The minimum Gasteiger partial charge on any atom is -0.497 e. The topological polar surface area (TPSA) is 85.4 Å². The lowest BCUT2D eigenvalue weighted by Gasteiger charge is -2.08. The van der Waals surface area contributed by atoms with Crippen LogP contribution in [0.2, 0.25) is 0 Å². The fourth-order valence-corrected chi connectivity index (χ4v) is 1.88. The molecule has 0 saturated carbocycles. The molecule has 0 saturated heterocycles. The Labute approximate surface area is 135 Å². The van der Waals surface area contributed by atoms with Gasteiger partial charge in [-0.3, -0.25) is 4.79 Å². The monoisotopic (exact) mass is 316 g/mol. The van der Waals surface area contributed by atoms with Gasteiger partial charge in [0.1, 0.15) is 23.6 Å². The summed E-state index contributed by atoms with van der Waals surface area (Å²) in [5, 5.41) is 5.88. The van der Waals surface area contributed by atoms with Crippen LogP contribution in [0.25, 0.3) is 0 Å². The van der Waals surface area contributed by atoms with E-state index in [1.165, 1.54) is 6.33 Å². The summed E-state index contributed by atoms with van der Waals surface area (Å²) in [7, 11) is 3.24. The van der Waals surface area contributed by atoms with Gasteiger partial charge in [0.05, 0.1) is 13.7 Å². The van der Waals surface area contributed by atoms with Gasteiger partial charge in [-0.2, -0.15) is 0 Å². The van der Waals surface area contributed by atoms with E-state index in [2.05, 4.69) is 20.6 Å². The summed E-state index contributed by atoms with van der Waals surface area (Å²) in [5.74, 6) is 1.12. The van der Waals surface area contributed by atoms with E-state index in [4.69, 9.17) is 9.47 Å². The lowest BCUT2D eigenvalue weighted by Crippen LogP contribution is -2.24. The van der Waals surface area contributed by atoms with E-state index in [-0.39, 0.29) is 5.91 Å². The van der Waals surface area contributed by atoms with Crippen molar-refractivity contribution in [3.8, 4) is 5.75 Å². The molecule has 1 aromatic carbocycles. The molecule has 1 aromatic heterocycles. The van der Waals surface area contributed by atoms with Gasteiger partial charge in [0.25, 0.3) is 5.91 Å². The largest absolute Gasteiger partial charge is 0.497 e. The van der Waals surface area contributed by atoms with Gasteiger partial charge in [-0.1, -0.05) is 12.1 Å². The van der Waals surface area contributed by atoms with Crippen LogP contribution in [-0.4, -0.2) is 43.2 Å². The molecule has 2 aromatic rings. The van der Waals surface area contributed by atoms with Crippen molar-refractivity contribution < 1.29 is 14.3 Å². The molecule has 0 radical (unpaired) electrons. The smallest absolute Gasteiger partial charge is 0.270 e. The van der Waals surface area contributed by atoms with Crippen LogP contribution >= 0.6 is 0 Å². The third-order valence-corrected chi connectivity index (χ3v) is 3.12. The molecule has 122 valence electrons. The molecule has 2 rings (SSSR count). The number of carbonyl (C=O) groups is 1. The highest BCUT2D eigenvalue weighted by molar-refractivity contribution is 5.92. The van der Waals surface area contributed by atoms with Crippen LogP contribution in [0, 0.1) is 0 Å². The predicted octanol–water partition coefficient (Wildman–Crippen LogP) is 1.47. The first-order valence-electron chi connectivity index (χ1n) is 7.19. The van der Waals surface area contributed by atoms with Crippen LogP contribution < -0.4 is 15.4 Å². The first kappa shape index (κ1) is 16.7. The molecule has 1 heterocycles. The van der Waals surface area contributed by atoms with Gasteiger partial charge in [-0.25, -0.2) is 9.97 Å². The molecule has 7 nitrogen and oxygen atoms in total. The van der Waals surface area contributed by atoms with E-state index in [1.54, 1.807) is 20.3 Å². The van der Waals surface area contributed by atoms with E-state index < -0.39 is 0 Å². The maximum Gasteiger partial charge on any atom is 0.270 e. The van der Waals surface area contributed by atoms with Crippen molar-refractivity contribution in [3.05, 3.63) is 47.9 Å². The number of methoxy groups -OCH3 is 2. The van der Waals surface area contributed by atoms with Crippen LogP contribution in [0.15, 0.2) is 36.7 Å². The van der Waals surface area contributed by atoms with Gasteiger partial charge in [-0.05, 0) is 17.7 Å². The van der Waals surface area contributed by atoms with Crippen LogP contribution in [0.1, 0.15) is 16.1 Å². The van der Waals surface area contributed by atoms with Crippen LogP contribution in [0.4, 0.5) is 5.82 Å². The standard InChI is InChI=1S/C16H20N4O3/c1-22-8-7-17-15-9-14(19-11-20-15)16(21)18-10-12-3-5-13(23-2)6-4-12/h3-6,9,11H,7-8,10H2,1-2H3,(H,18,21)(H,17,19,20). The van der Waals surface area contributed by atoms with Gasteiger partial charge < -0.3 is 20.1 Å². The van der Waals surface area contributed by atoms with Crippen LogP contribution in [0.3, 0.4) is 0 Å². The third kappa shape index (κ3) is 5.23. The van der Waals surface area contributed by atoms with Gasteiger partial charge >= 0.3 is 0 Å². The first-order chi connectivity index (χ1) is 11.2. The zero-order valence-electron chi connectivity index (χ0n) is 13.2. The van der Waals surface area contributed by atoms with Crippen molar-refractivity contribution >= 4 is 11.7 Å². The van der Waals surface area contributed by atoms with Gasteiger partial charge in [0.15, 0.2) is 0 Å². The van der Waals surface area contributed by atoms with Gasteiger partial charge in [0, 0.05) is 26.3 Å². The summed E-state index contributed by atoms with van der Waals surface area (Å²) >= 11 is 0. The molecule has 0 aliphatic carbocycles. The molecule has 1 amide bonds. The lowest BCUT2D eigenvalue weighted by atomic mass is 10.2. The van der Waals surface area contributed by atoms with E-state index in [1.807, 2.05) is 24.3 Å².